The number of amides is 1. The molecule has 0 aromatic heterocycles. The number of hydrogen-bond donors (Lipinski definition) is 1. The predicted octanol–water partition coefficient (Wildman–Crippen LogP) is 1.73. The zero-order valence-electron chi connectivity index (χ0n) is 9.65. The first kappa shape index (κ1) is 13.5. The standard InChI is InChI=1S/C11H18BrNO3/c1-7(2)3-9(11(15)16)13-6-8(5-12)4-10(13)14/h7-9H,3-6H2,1-2H3,(H,15,16). The molecule has 1 N–H and O–H groups in total. The quantitative estimate of drug-likeness (QED) is 0.785. The van der Waals surface area contributed by atoms with Gasteiger partial charge in [0.15, 0.2) is 0 Å². The number of alkyl halides is 1. The first-order valence-corrected chi connectivity index (χ1v) is 6.66. The van der Waals surface area contributed by atoms with E-state index in [1.54, 1.807) is 0 Å². The van der Waals surface area contributed by atoms with Crippen molar-refractivity contribution in [3.63, 3.8) is 0 Å². The van der Waals surface area contributed by atoms with E-state index < -0.39 is 12.0 Å². The predicted molar refractivity (Wildman–Crippen MR) is 64.5 cm³/mol. The summed E-state index contributed by atoms with van der Waals surface area (Å²) in [6.45, 7) is 4.50. The van der Waals surface area contributed by atoms with Gasteiger partial charge in [-0.15, -0.1) is 0 Å². The Hall–Kier alpha value is -0.580. The van der Waals surface area contributed by atoms with Crippen LogP contribution in [-0.2, 0) is 9.59 Å². The number of hydrogen-bond acceptors (Lipinski definition) is 2. The molecule has 5 heteroatoms. The molecule has 0 bridgehead atoms. The van der Waals surface area contributed by atoms with Crippen LogP contribution in [0.3, 0.4) is 0 Å². The molecule has 0 aromatic rings. The van der Waals surface area contributed by atoms with Crippen molar-refractivity contribution in [3.05, 3.63) is 0 Å². The lowest BCUT2D eigenvalue weighted by molar-refractivity contribution is -0.149. The third-order valence-corrected chi connectivity index (χ3v) is 3.73. The Labute approximate surface area is 104 Å². The molecule has 2 atom stereocenters. The Morgan fingerprint density at radius 3 is 2.62 bits per heavy atom. The molecule has 0 aliphatic carbocycles. The van der Waals surface area contributed by atoms with E-state index in [-0.39, 0.29) is 17.7 Å². The number of rotatable bonds is 5. The van der Waals surface area contributed by atoms with Crippen LogP contribution in [0, 0.1) is 11.8 Å². The molecule has 1 saturated heterocycles. The van der Waals surface area contributed by atoms with Crippen LogP contribution in [0.15, 0.2) is 0 Å². The third kappa shape index (κ3) is 3.20. The normalized spacial score (nSPS) is 22.9. The molecule has 4 nitrogen and oxygen atoms in total. The van der Waals surface area contributed by atoms with Gasteiger partial charge in [0, 0.05) is 18.3 Å². The number of likely N-dealkylation sites (tertiary alicyclic amines) is 1. The summed E-state index contributed by atoms with van der Waals surface area (Å²) in [6.07, 6.45) is 0.989. The largest absolute Gasteiger partial charge is 0.480 e. The molecule has 1 aliphatic heterocycles. The zero-order chi connectivity index (χ0) is 12.3. The maximum Gasteiger partial charge on any atom is 0.326 e. The van der Waals surface area contributed by atoms with Crippen molar-refractivity contribution in [2.75, 3.05) is 11.9 Å². The van der Waals surface area contributed by atoms with Crippen molar-refractivity contribution in [2.45, 2.75) is 32.7 Å². The molecule has 92 valence electrons. The highest BCUT2D eigenvalue weighted by Crippen LogP contribution is 2.24. The van der Waals surface area contributed by atoms with Gasteiger partial charge in [-0.1, -0.05) is 29.8 Å². The molecular weight excluding hydrogens is 274 g/mol. The smallest absolute Gasteiger partial charge is 0.326 e. The minimum absolute atomic E-state index is 0.0301. The van der Waals surface area contributed by atoms with E-state index in [0.29, 0.717) is 19.4 Å². The van der Waals surface area contributed by atoms with E-state index in [9.17, 15) is 9.59 Å². The minimum Gasteiger partial charge on any atom is -0.480 e. The number of nitrogens with zero attached hydrogens (tertiary/aromatic N) is 1. The van der Waals surface area contributed by atoms with Crippen molar-refractivity contribution in [3.8, 4) is 0 Å². The van der Waals surface area contributed by atoms with Crippen LogP contribution in [0.4, 0.5) is 0 Å². The van der Waals surface area contributed by atoms with Gasteiger partial charge in [-0.3, -0.25) is 4.79 Å². The van der Waals surface area contributed by atoms with Gasteiger partial charge in [-0.05, 0) is 18.3 Å². The van der Waals surface area contributed by atoms with Gasteiger partial charge in [-0.2, -0.15) is 0 Å². The SMILES string of the molecule is CC(C)CC(C(=O)O)N1CC(CBr)CC1=O. The van der Waals surface area contributed by atoms with Crippen molar-refractivity contribution in [1.82, 2.24) is 4.90 Å². The summed E-state index contributed by atoms with van der Waals surface area (Å²) in [7, 11) is 0. The number of halogens is 1. The van der Waals surface area contributed by atoms with Crippen LogP contribution in [0.1, 0.15) is 26.7 Å². The Morgan fingerprint density at radius 2 is 2.25 bits per heavy atom. The van der Waals surface area contributed by atoms with Crippen LogP contribution in [0.5, 0.6) is 0 Å². The molecule has 1 heterocycles. The van der Waals surface area contributed by atoms with Crippen molar-refractivity contribution in [2.24, 2.45) is 11.8 Å². The molecule has 1 rings (SSSR count). The lowest BCUT2D eigenvalue weighted by Gasteiger charge is -2.25. The number of aliphatic carboxylic acids is 1. The van der Waals surface area contributed by atoms with Crippen molar-refractivity contribution < 1.29 is 14.7 Å². The Morgan fingerprint density at radius 1 is 1.62 bits per heavy atom. The lowest BCUT2D eigenvalue weighted by Crippen LogP contribution is -2.43. The summed E-state index contributed by atoms with van der Waals surface area (Å²) in [6, 6.07) is -0.656. The fraction of sp³-hybridized carbons (Fsp3) is 0.818. The van der Waals surface area contributed by atoms with E-state index in [0.717, 1.165) is 5.33 Å². The highest BCUT2D eigenvalue weighted by Gasteiger charge is 2.37. The first-order chi connectivity index (χ1) is 7.45. The van der Waals surface area contributed by atoms with Crippen molar-refractivity contribution >= 4 is 27.8 Å². The molecule has 16 heavy (non-hydrogen) atoms. The minimum atomic E-state index is -0.891. The number of carbonyl (C=O) groups is 2. The Balaban J connectivity index is 2.71. The molecule has 1 fully saturated rings. The Kier molecular flexibility index (Phi) is 4.77. The molecule has 0 radical (unpaired) electrons. The van der Waals surface area contributed by atoms with E-state index >= 15 is 0 Å². The van der Waals surface area contributed by atoms with E-state index in [2.05, 4.69) is 15.9 Å². The number of carboxylic acids is 1. The highest BCUT2D eigenvalue weighted by atomic mass is 79.9. The molecular formula is C11H18BrNO3. The van der Waals surface area contributed by atoms with Gasteiger partial charge in [0.05, 0.1) is 0 Å². The van der Waals surface area contributed by atoms with Gasteiger partial charge in [0.25, 0.3) is 0 Å². The van der Waals surface area contributed by atoms with E-state index in [1.807, 2.05) is 13.8 Å². The summed E-state index contributed by atoms with van der Waals surface area (Å²) < 4.78 is 0. The maximum atomic E-state index is 11.7. The van der Waals surface area contributed by atoms with Crippen LogP contribution in [0.25, 0.3) is 0 Å². The van der Waals surface area contributed by atoms with E-state index in [4.69, 9.17) is 5.11 Å². The summed E-state index contributed by atoms with van der Waals surface area (Å²) >= 11 is 3.34. The van der Waals surface area contributed by atoms with Crippen molar-refractivity contribution in [1.29, 1.82) is 0 Å². The van der Waals surface area contributed by atoms with Crippen LogP contribution in [0.2, 0.25) is 0 Å². The van der Waals surface area contributed by atoms with Crippen LogP contribution < -0.4 is 0 Å². The third-order valence-electron chi connectivity index (χ3n) is 2.81. The topological polar surface area (TPSA) is 57.6 Å². The molecule has 0 spiro atoms. The number of carboxylic acid groups (broad SMARTS) is 1. The second kappa shape index (κ2) is 5.66. The fourth-order valence-electron chi connectivity index (χ4n) is 2.02. The Bertz CT molecular complexity index is 280. The first-order valence-electron chi connectivity index (χ1n) is 5.54. The molecule has 1 aliphatic rings. The second-order valence-corrected chi connectivity index (χ2v) is 5.40. The van der Waals surface area contributed by atoms with Gasteiger partial charge >= 0.3 is 5.97 Å². The van der Waals surface area contributed by atoms with Gasteiger partial charge in [0.1, 0.15) is 6.04 Å². The molecule has 1 amide bonds. The van der Waals surface area contributed by atoms with Crippen LogP contribution >= 0.6 is 15.9 Å². The molecule has 0 saturated carbocycles. The second-order valence-electron chi connectivity index (χ2n) is 4.75. The van der Waals surface area contributed by atoms with Crippen LogP contribution in [-0.4, -0.2) is 39.8 Å². The summed E-state index contributed by atoms with van der Waals surface area (Å²) in [5.41, 5.74) is 0. The fourth-order valence-corrected chi connectivity index (χ4v) is 2.45. The average molecular weight is 292 g/mol. The molecule has 0 aromatic carbocycles. The summed E-state index contributed by atoms with van der Waals surface area (Å²) in [5, 5.41) is 9.91. The highest BCUT2D eigenvalue weighted by molar-refractivity contribution is 9.09. The lowest BCUT2D eigenvalue weighted by atomic mass is 10.0. The number of carbonyl (C=O) groups excluding carboxylic acids is 1. The summed E-state index contributed by atoms with van der Waals surface area (Å²) in [5.74, 6) is -0.395. The maximum absolute atomic E-state index is 11.7. The average Bonchev–Trinajstić information content (AvgIpc) is 2.55. The van der Waals surface area contributed by atoms with Gasteiger partial charge in [0.2, 0.25) is 5.91 Å². The van der Waals surface area contributed by atoms with Gasteiger partial charge < -0.3 is 10.0 Å². The molecule has 2 unspecified atom stereocenters. The summed E-state index contributed by atoms with van der Waals surface area (Å²) in [4.78, 5) is 24.4. The zero-order valence-corrected chi connectivity index (χ0v) is 11.2. The van der Waals surface area contributed by atoms with Gasteiger partial charge in [-0.25, -0.2) is 4.79 Å². The van der Waals surface area contributed by atoms with E-state index in [1.165, 1.54) is 4.90 Å². The monoisotopic (exact) mass is 291 g/mol.